The summed E-state index contributed by atoms with van der Waals surface area (Å²) in [6.07, 6.45) is 0.948. The smallest absolute Gasteiger partial charge is 0.490 e. The first kappa shape index (κ1) is 22.9. The van der Waals surface area contributed by atoms with E-state index in [0.717, 1.165) is 0 Å². The number of likely N-dealkylation sites (tertiary alicyclic amines) is 1. The van der Waals surface area contributed by atoms with Gasteiger partial charge in [0.2, 0.25) is 0 Å². The fraction of sp³-hybridized carbons (Fsp3) is 0.682. The van der Waals surface area contributed by atoms with Crippen LogP contribution in [-0.4, -0.2) is 54.1 Å². The van der Waals surface area contributed by atoms with Gasteiger partial charge >= 0.3 is 13.2 Å². The van der Waals surface area contributed by atoms with E-state index in [1.807, 2.05) is 48.5 Å². The van der Waals surface area contributed by atoms with E-state index in [2.05, 4.69) is 0 Å². The molecule has 0 unspecified atom stereocenters. The van der Waals surface area contributed by atoms with Gasteiger partial charge in [-0.3, -0.25) is 0 Å². The summed E-state index contributed by atoms with van der Waals surface area (Å²) in [7, 11) is -0.749. The first-order chi connectivity index (χ1) is 13.8. The zero-order chi connectivity index (χ0) is 22.3. The zero-order valence-corrected chi connectivity index (χ0v) is 19.1. The molecule has 1 aromatic carbocycles. The number of nitrogens with zero attached hydrogens (tertiary/aromatic N) is 1. The topological polar surface area (TPSA) is 57.2 Å². The van der Waals surface area contributed by atoms with Gasteiger partial charge in [0.05, 0.1) is 11.2 Å². The van der Waals surface area contributed by atoms with E-state index in [1.165, 1.54) is 6.07 Å². The van der Waals surface area contributed by atoms with Crippen LogP contribution in [0.3, 0.4) is 0 Å². The summed E-state index contributed by atoms with van der Waals surface area (Å²) >= 11 is 0. The van der Waals surface area contributed by atoms with Crippen molar-refractivity contribution >= 4 is 18.7 Å². The molecule has 0 N–H and O–H groups in total. The van der Waals surface area contributed by atoms with E-state index < -0.39 is 29.7 Å². The molecule has 30 heavy (non-hydrogen) atoms. The van der Waals surface area contributed by atoms with Crippen LogP contribution in [0.1, 0.15) is 61.3 Å². The molecule has 0 bridgehead atoms. The zero-order valence-electron chi connectivity index (χ0n) is 19.1. The predicted octanol–water partition coefficient (Wildman–Crippen LogP) is 3.90. The van der Waals surface area contributed by atoms with Crippen molar-refractivity contribution < 1.29 is 28.0 Å². The van der Waals surface area contributed by atoms with Crippen molar-refractivity contribution in [2.75, 3.05) is 13.1 Å². The molecule has 0 saturated carbocycles. The first-order valence-electron chi connectivity index (χ1n) is 10.6. The molecule has 166 valence electrons. The number of rotatable bonds is 3. The second-order valence-electron chi connectivity index (χ2n) is 10.1. The number of amides is 1. The predicted molar refractivity (Wildman–Crippen MR) is 114 cm³/mol. The summed E-state index contributed by atoms with van der Waals surface area (Å²) in [4.78, 5) is 13.9. The minimum Gasteiger partial charge on any atom is -0.490 e. The van der Waals surface area contributed by atoms with E-state index in [9.17, 15) is 9.18 Å². The maximum atomic E-state index is 14.8. The third kappa shape index (κ3) is 5.09. The van der Waals surface area contributed by atoms with Crippen LogP contribution in [0.2, 0.25) is 0 Å². The fourth-order valence-corrected chi connectivity index (χ4v) is 3.42. The molecule has 2 saturated heterocycles. The standard InChI is InChI=1S/C22H33BFNO5/c1-20(2,3)28-19(26)25-12-10-15(11-13-25)27-16-8-9-17(18(24)14-16)23-29-21(4,5)22(6,7)30-23/h8-9,14-15H,10-13H2,1-7H3. The summed E-state index contributed by atoms with van der Waals surface area (Å²) in [5.41, 5.74) is -1.20. The number of ether oxygens (including phenoxy) is 2. The molecular weight excluding hydrogens is 388 g/mol. The fourth-order valence-electron chi connectivity index (χ4n) is 3.42. The Bertz CT molecular complexity index is 768. The van der Waals surface area contributed by atoms with Crippen molar-refractivity contribution in [1.29, 1.82) is 0 Å². The van der Waals surface area contributed by atoms with Crippen molar-refractivity contribution in [2.45, 2.75) is 84.2 Å². The summed E-state index contributed by atoms with van der Waals surface area (Å²) in [5.74, 6) is 0.0423. The lowest BCUT2D eigenvalue weighted by atomic mass is 9.78. The number of carbonyl (C=O) groups is 1. The van der Waals surface area contributed by atoms with E-state index in [4.69, 9.17) is 18.8 Å². The molecule has 0 atom stereocenters. The van der Waals surface area contributed by atoms with Crippen LogP contribution in [0, 0.1) is 5.82 Å². The quantitative estimate of drug-likeness (QED) is 0.693. The normalized spacial score (nSPS) is 21.6. The number of carbonyl (C=O) groups excluding carboxylic acids is 1. The minimum absolute atomic E-state index is 0.0780. The molecule has 2 aliphatic heterocycles. The number of halogens is 1. The lowest BCUT2D eigenvalue weighted by Crippen LogP contribution is -2.44. The molecule has 0 aliphatic carbocycles. The monoisotopic (exact) mass is 421 g/mol. The van der Waals surface area contributed by atoms with Gasteiger partial charge in [-0.2, -0.15) is 0 Å². The molecule has 2 fully saturated rings. The van der Waals surface area contributed by atoms with E-state index in [-0.39, 0.29) is 12.2 Å². The van der Waals surface area contributed by atoms with Gasteiger partial charge in [-0.15, -0.1) is 0 Å². The van der Waals surface area contributed by atoms with Gasteiger partial charge in [0, 0.05) is 37.5 Å². The molecule has 1 aromatic rings. The molecule has 0 radical (unpaired) electrons. The second-order valence-corrected chi connectivity index (χ2v) is 10.1. The maximum absolute atomic E-state index is 14.8. The Balaban J connectivity index is 1.57. The van der Waals surface area contributed by atoms with Gasteiger partial charge in [-0.05, 0) is 54.5 Å². The van der Waals surface area contributed by atoms with Gasteiger partial charge in [-0.25, -0.2) is 9.18 Å². The minimum atomic E-state index is -0.749. The lowest BCUT2D eigenvalue weighted by molar-refractivity contribution is 0.00578. The highest BCUT2D eigenvalue weighted by atomic mass is 19.1. The average Bonchev–Trinajstić information content (AvgIpc) is 2.81. The molecule has 2 aliphatic rings. The van der Waals surface area contributed by atoms with Crippen LogP contribution < -0.4 is 10.2 Å². The van der Waals surface area contributed by atoms with Gasteiger partial charge in [0.1, 0.15) is 23.3 Å². The average molecular weight is 421 g/mol. The molecule has 8 heteroatoms. The van der Waals surface area contributed by atoms with Crippen molar-refractivity contribution in [3.63, 3.8) is 0 Å². The lowest BCUT2D eigenvalue weighted by Gasteiger charge is -2.33. The summed E-state index contributed by atoms with van der Waals surface area (Å²) in [6.45, 7) is 14.4. The number of benzene rings is 1. The summed E-state index contributed by atoms with van der Waals surface area (Å²) in [5, 5.41) is 0. The SMILES string of the molecule is CC(C)(C)OC(=O)N1CCC(Oc2ccc(B3OC(C)(C)C(C)(C)O3)c(F)c2)CC1. The molecule has 3 rings (SSSR count). The van der Waals surface area contributed by atoms with Crippen LogP contribution in [0.5, 0.6) is 5.75 Å². The highest BCUT2D eigenvalue weighted by Gasteiger charge is 2.52. The Hall–Kier alpha value is -1.80. The Kier molecular flexibility index (Phi) is 6.13. The molecule has 0 aromatic heterocycles. The summed E-state index contributed by atoms with van der Waals surface area (Å²) < 4.78 is 38.0. The van der Waals surface area contributed by atoms with Crippen molar-refractivity contribution in [2.24, 2.45) is 0 Å². The van der Waals surface area contributed by atoms with Crippen molar-refractivity contribution in [3.05, 3.63) is 24.0 Å². The Morgan fingerprint density at radius 1 is 1.13 bits per heavy atom. The Morgan fingerprint density at radius 2 is 1.70 bits per heavy atom. The van der Waals surface area contributed by atoms with Gasteiger partial charge in [0.15, 0.2) is 0 Å². The number of piperidine rings is 1. The van der Waals surface area contributed by atoms with Crippen LogP contribution >= 0.6 is 0 Å². The van der Waals surface area contributed by atoms with E-state index in [1.54, 1.807) is 17.0 Å². The van der Waals surface area contributed by atoms with E-state index in [0.29, 0.717) is 37.1 Å². The van der Waals surface area contributed by atoms with Crippen LogP contribution in [0.25, 0.3) is 0 Å². The van der Waals surface area contributed by atoms with Crippen molar-refractivity contribution in [1.82, 2.24) is 4.90 Å². The van der Waals surface area contributed by atoms with Crippen molar-refractivity contribution in [3.8, 4) is 5.75 Å². The number of hydrogen-bond acceptors (Lipinski definition) is 5. The molecular formula is C22H33BFNO5. The van der Waals surface area contributed by atoms with Crippen LogP contribution in [0.15, 0.2) is 18.2 Å². The van der Waals surface area contributed by atoms with Gasteiger partial charge in [0.25, 0.3) is 0 Å². The largest absolute Gasteiger partial charge is 0.497 e. The maximum Gasteiger partial charge on any atom is 0.497 e. The van der Waals surface area contributed by atoms with Crippen LogP contribution in [-0.2, 0) is 14.0 Å². The molecule has 6 nitrogen and oxygen atoms in total. The first-order valence-corrected chi connectivity index (χ1v) is 10.6. The molecule has 1 amide bonds. The Morgan fingerprint density at radius 3 is 2.20 bits per heavy atom. The van der Waals surface area contributed by atoms with Crippen LogP contribution in [0.4, 0.5) is 9.18 Å². The molecule has 0 spiro atoms. The Labute approximate surface area is 179 Å². The third-order valence-corrected chi connectivity index (χ3v) is 5.88. The van der Waals surface area contributed by atoms with Gasteiger partial charge < -0.3 is 23.7 Å². The highest BCUT2D eigenvalue weighted by Crippen LogP contribution is 2.36. The third-order valence-electron chi connectivity index (χ3n) is 5.88. The highest BCUT2D eigenvalue weighted by molar-refractivity contribution is 6.62. The second kappa shape index (κ2) is 8.04. The number of hydrogen-bond donors (Lipinski definition) is 0. The van der Waals surface area contributed by atoms with E-state index >= 15 is 0 Å². The molecule has 2 heterocycles. The van der Waals surface area contributed by atoms with Gasteiger partial charge in [-0.1, -0.05) is 6.07 Å². The summed E-state index contributed by atoms with van der Waals surface area (Å²) in [6, 6.07) is 4.77.